The highest BCUT2D eigenvalue weighted by atomic mass is 32.2. The Morgan fingerprint density at radius 1 is 1.06 bits per heavy atom. The number of benzene rings is 3. The van der Waals surface area contributed by atoms with E-state index < -0.39 is 11.7 Å². The maximum Gasteiger partial charge on any atom is 0.416 e. The summed E-state index contributed by atoms with van der Waals surface area (Å²) in [4.78, 5) is 18.7. The van der Waals surface area contributed by atoms with E-state index in [1.165, 1.54) is 17.0 Å². The summed E-state index contributed by atoms with van der Waals surface area (Å²) in [6.45, 7) is 6.43. The summed E-state index contributed by atoms with van der Waals surface area (Å²) in [6, 6.07) is 18.9. The summed E-state index contributed by atoms with van der Waals surface area (Å²) in [6.07, 6.45) is -4.40. The molecule has 8 heteroatoms. The van der Waals surface area contributed by atoms with Gasteiger partial charge in [-0.15, -0.1) is 11.8 Å². The van der Waals surface area contributed by atoms with Crippen LogP contribution in [0.5, 0.6) is 0 Å². The number of carbonyl (C=O) groups excluding carboxylic acids is 1. The number of imidazole rings is 1. The van der Waals surface area contributed by atoms with Crippen LogP contribution in [-0.4, -0.2) is 21.2 Å². The zero-order valence-electron chi connectivity index (χ0n) is 20.4. The third kappa shape index (κ3) is 5.75. The van der Waals surface area contributed by atoms with Crippen LogP contribution >= 0.6 is 11.8 Å². The highest BCUT2D eigenvalue weighted by molar-refractivity contribution is 7.99. The van der Waals surface area contributed by atoms with Gasteiger partial charge < -0.3 is 9.88 Å². The number of thioether (sulfide) groups is 1. The minimum absolute atomic E-state index is 0.0171. The summed E-state index contributed by atoms with van der Waals surface area (Å²) in [5.74, 6) is 1.30. The first-order chi connectivity index (χ1) is 17.2. The molecule has 3 aromatic carbocycles. The van der Waals surface area contributed by atoms with Crippen molar-refractivity contribution in [3.8, 4) is 0 Å². The van der Waals surface area contributed by atoms with Crippen LogP contribution in [-0.2, 0) is 19.1 Å². The lowest BCUT2D eigenvalue weighted by molar-refractivity contribution is -0.138. The summed E-state index contributed by atoms with van der Waals surface area (Å²) in [7, 11) is 0. The zero-order chi connectivity index (χ0) is 25.9. The molecule has 1 heterocycles. The van der Waals surface area contributed by atoms with E-state index in [-0.39, 0.29) is 23.9 Å². The second-order valence-electron chi connectivity index (χ2n) is 8.79. The number of nitrogens with one attached hydrogen (secondary N) is 1. The summed E-state index contributed by atoms with van der Waals surface area (Å²) < 4.78 is 42.5. The molecule has 4 nitrogen and oxygen atoms in total. The number of hydrogen-bond donors (Lipinski definition) is 1. The van der Waals surface area contributed by atoms with Gasteiger partial charge in [-0.25, -0.2) is 4.98 Å². The summed E-state index contributed by atoms with van der Waals surface area (Å²) in [5, 5.41) is 2.93. The van der Waals surface area contributed by atoms with Crippen molar-refractivity contribution in [1.29, 1.82) is 0 Å². The molecule has 0 bridgehead atoms. The lowest BCUT2D eigenvalue weighted by atomic mass is 10.0. The maximum absolute atomic E-state index is 13.5. The van der Waals surface area contributed by atoms with Gasteiger partial charge in [-0.2, -0.15) is 13.2 Å². The molecular formula is C28H28F3N3OS. The maximum atomic E-state index is 13.5. The molecule has 4 aromatic rings. The van der Waals surface area contributed by atoms with Crippen molar-refractivity contribution in [1.82, 2.24) is 14.9 Å². The van der Waals surface area contributed by atoms with Gasteiger partial charge >= 0.3 is 6.18 Å². The van der Waals surface area contributed by atoms with Gasteiger partial charge in [-0.1, -0.05) is 37.3 Å². The zero-order valence-corrected chi connectivity index (χ0v) is 21.2. The van der Waals surface area contributed by atoms with Crippen LogP contribution in [0.15, 0.2) is 71.6 Å². The number of carbonyl (C=O) groups is 1. The first-order valence-corrected chi connectivity index (χ1v) is 12.8. The van der Waals surface area contributed by atoms with Crippen LogP contribution in [0.25, 0.3) is 11.0 Å². The molecule has 1 N–H and O–H groups in total. The Morgan fingerprint density at radius 3 is 2.44 bits per heavy atom. The van der Waals surface area contributed by atoms with Crippen molar-refractivity contribution >= 4 is 28.7 Å². The molecule has 36 heavy (non-hydrogen) atoms. The molecule has 0 saturated heterocycles. The van der Waals surface area contributed by atoms with Crippen LogP contribution in [0.1, 0.15) is 59.7 Å². The number of aromatic nitrogens is 2. The van der Waals surface area contributed by atoms with E-state index in [9.17, 15) is 18.0 Å². The highest BCUT2D eigenvalue weighted by Crippen LogP contribution is 2.33. The molecule has 0 aliphatic heterocycles. The molecular weight excluding hydrogens is 483 g/mol. The highest BCUT2D eigenvalue weighted by Gasteiger charge is 2.33. The first kappa shape index (κ1) is 25.8. The molecule has 1 aromatic heterocycles. The van der Waals surface area contributed by atoms with Crippen molar-refractivity contribution in [3.63, 3.8) is 0 Å². The van der Waals surface area contributed by atoms with Gasteiger partial charge in [0.1, 0.15) is 5.82 Å². The van der Waals surface area contributed by atoms with Crippen molar-refractivity contribution in [3.05, 3.63) is 94.8 Å². The van der Waals surface area contributed by atoms with Crippen LogP contribution in [0.4, 0.5) is 13.2 Å². The van der Waals surface area contributed by atoms with Crippen molar-refractivity contribution < 1.29 is 18.0 Å². The average Bonchev–Trinajstić information content (AvgIpc) is 3.20. The lowest BCUT2D eigenvalue weighted by Crippen LogP contribution is -2.22. The van der Waals surface area contributed by atoms with E-state index in [0.29, 0.717) is 23.4 Å². The fraction of sp³-hybridized carbons (Fsp3) is 0.286. The first-order valence-electron chi connectivity index (χ1n) is 11.8. The number of hydrogen-bond acceptors (Lipinski definition) is 3. The Balaban J connectivity index is 1.58. The van der Waals surface area contributed by atoms with E-state index >= 15 is 0 Å². The molecule has 0 fully saturated rings. The topological polar surface area (TPSA) is 46.9 Å². The number of rotatable bonds is 8. The third-order valence-corrected chi connectivity index (χ3v) is 6.79. The SMILES string of the molecule is CCSc1ccc(CNC(=O)c2ccc3c(c2)nc(Cc2ccccc2C(F)(F)F)n3C(C)C)cc1. The largest absolute Gasteiger partial charge is 0.416 e. The number of nitrogens with zero attached hydrogens (tertiary/aromatic N) is 2. The second-order valence-corrected chi connectivity index (χ2v) is 10.1. The number of amides is 1. The van der Waals surface area contributed by atoms with Gasteiger partial charge in [-0.3, -0.25) is 4.79 Å². The third-order valence-electron chi connectivity index (χ3n) is 5.90. The number of fused-ring (bicyclic) bond motifs is 1. The molecule has 0 aliphatic rings. The van der Waals surface area contributed by atoms with Crippen molar-refractivity contribution in [2.45, 2.75) is 50.9 Å². The predicted molar refractivity (Wildman–Crippen MR) is 138 cm³/mol. The van der Waals surface area contributed by atoms with E-state index in [1.807, 2.05) is 48.7 Å². The van der Waals surface area contributed by atoms with Crippen LogP contribution in [0.2, 0.25) is 0 Å². The normalized spacial score (nSPS) is 11.9. The Kier molecular flexibility index (Phi) is 7.73. The summed E-state index contributed by atoms with van der Waals surface area (Å²) in [5.41, 5.74) is 2.33. The molecule has 0 atom stereocenters. The van der Waals surface area contributed by atoms with E-state index in [4.69, 9.17) is 0 Å². The van der Waals surface area contributed by atoms with Crippen molar-refractivity contribution in [2.75, 3.05) is 5.75 Å². The fourth-order valence-electron chi connectivity index (χ4n) is 4.27. The lowest BCUT2D eigenvalue weighted by Gasteiger charge is -2.16. The van der Waals surface area contributed by atoms with E-state index in [2.05, 4.69) is 17.2 Å². The quantitative estimate of drug-likeness (QED) is 0.253. The van der Waals surface area contributed by atoms with E-state index in [0.717, 1.165) is 22.9 Å². The standard InChI is InChI=1S/C28H28F3N3OS/c1-4-36-22-12-9-19(10-13-22)17-32-27(35)21-11-14-25-24(15-21)33-26(34(25)18(2)3)16-20-7-5-6-8-23(20)28(29,30)31/h5-15,18H,4,16-17H2,1-3H3,(H,32,35). The van der Waals surface area contributed by atoms with Gasteiger partial charge in [0.25, 0.3) is 5.91 Å². The minimum atomic E-state index is -4.44. The van der Waals surface area contributed by atoms with Gasteiger partial charge in [0.2, 0.25) is 0 Å². The molecule has 4 rings (SSSR count). The van der Waals surface area contributed by atoms with Crippen LogP contribution in [0, 0.1) is 0 Å². The van der Waals surface area contributed by atoms with Gasteiger partial charge in [-0.05, 0) is 67.1 Å². The fourth-order valence-corrected chi connectivity index (χ4v) is 4.93. The number of alkyl halides is 3. The number of halogens is 3. The van der Waals surface area contributed by atoms with Crippen LogP contribution in [0.3, 0.4) is 0 Å². The molecule has 1 amide bonds. The Morgan fingerprint density at radius 2 is 1.78 bits per heavy atom. The molecule has 0 spiro atoms. The second kappa shape index (κ2) is 10.8. The Hall–Kier alpha value is -3.26. The molecule has 0 radical (unpaired) electrons. The molecule has 0 saturated carbocycles. The van der Waals surface area contributed by atoms with Gasteiger partial charge in [0.15, 0.2) is 0 Å². The van der Waals surface area contributed by atoms with Crippen molar-refractivity contribution in [2.24, 2.45) is 0 Å². The summed E-state index contributed by atoms with van der Waals surface area (Å²) >= 11 is 1.76. The molecule has 0 unspecified atom stereocenters. The minimum Gasteiger partial charge on any atom is -0.348 e. The average molecular weight is 512 g/mol. The Bertz CT molecular complexity index is 1360. The van der Waals surface area contributed by atoms with Crippen LogP contribution < -0.4 is 5.32 Å². The van der Waals surface area contributed by atoms with Gasteiger partial charge in [0.05, 0.1) is 16.6 Å². The molecule has 188 valence electrons. The van der Waals surface area contributed by atoms with Gasteiger partial charge in [0, 0.05) is 29.5 Å². The Labute approximate surface area is 212 Å². The predicted octanol–water partition coefficient (Wildman–Crippen LogP) is 7.27. The smallest absolute Gasteiger partial charge is 0.348 e. The molecule has 0 aliphatic carbocycles. The monoisotopic (exact) mass is 511 g/mol. The van der Waals surface area contributed by atoms with E-state index in [1.54, 1.807) is 30.0 Å².